The van der Waals surface area contributed by atoms with Crippen molar-refractivity contribution in [3.05, 3.63) is 48.4 Å². The molecule has 1 fully saturated rings. The summed E-state index contributed by atoms with van der Waals surface area (Å²) in [5.74, 6) is -0.121. The van der Waals surface area contributed by atoms with Crippen molar-refractivity contribution in [3.8, 4) is 17.0 Å². The van der Waals surface area contributed by atoms with Gasteiger partial charge in [-0.15, -0.1) is 0 Å². The Bertz CT molecular complexity index is 915. The first-order chi connectivity index (χ1) is 11.1. The molecular formula is C17H14FN3O2. The average Bonchev–Trinajstić information content (AvgIpc) is 3.28. The third-order valence-electron chi connectivity index (χ3n) is 3.92. The van der Waals surface area contributed by atoms with Crippen molar-refractivity contribution >= 4 is 17.4 Å². The highest BCUT2D eigenvalue weighted by atomic mass is 19.1. The second kappa shape index (κ2) is 5.08. The number of benzene rings is 1. The van der Waals surface area contributed by atoms with E-state index < -0.39 is 5.82 Å². The number of aromatic hydroxyl groups is 1. The Morgan fingerprint density at radius 3 is 2.87 bits per heavy atom. The maximum absolute atomic E-state index is 14.1. The standard InChI is InChI=1S/C17H14FN3O2/c18-13-8-11(22)6-7-12(13)14-2-1-3-16-19-15(9-21(14)16)20-17(23)10-4-5-10/h1-3,6-10,22H,4-5H2,(H,20,23). The zero-order valence-corrected chi connectivity index (χ0v) is 12.2. The lowest BCUT2D eigenvalue weighted by atomic mass is 10.1. The molecule has 2 heterocycles. The summed E-state index contributed by atoms with van der Waals surface area (Å²) in [6, 6.07) is 9.34. The number of aromatic nitrogens is 2. The molecule has 4 rings (SSSR count). The van der Waals surface area contributed by atoms with Crippen LogP contribution in [0.3, 0.4) is 0 Å². The number of phenolic OH excluding ortho intramolecular Hbond substituents is 1. The minimum absolute atomic E-state index is 0.0224. The van der Waals surface area contributed by atoms with Gasteiger partial charge in [0.15, 0.2) is 5.82 Å². The fourth-order valence-corrected chi connectivity index (χ4v) is 2.58. The fourth-order valence-electron chi connectivity index (χ4n) is 2.58. The maximum atomic E-state index is 14.1. The van der Waals surface area contributed by atoms with Crippen LogP contribution in [0.4, 0.5) is 10.2 Å². The number of hydrogen-bond donors (Lipinski definition) is 2. The van der Waals surface area contributed by atoms with Crippen molar-refractivity contribution in [3.63, 3.8) is 0 Å². The molecule has 1 saturated carbocycles. The van der Waals surface area contributed by atoms with Gasteiger partial charge in [-0.1, -0.05) is 6.07 Å². The monoisotopic (exact) mass is 311 g/mol. The molecule has 0 bridgehead atoms. The van der Waals surface area contributed by atoms with Crippen molar-refractivity contribution in [2.45, 2.75) is 12.8 Å². The highest BCUT2D eigenvalue weighted by Crippen LogP contribution is 2.31. The predicted octanol–water partition coefficient (Wildman–Crippen LogP) is 3.19. The molecule has 5 nitrogen and oxygen atoms in total. The molecule has 0 aliphatic heterocycles. The Morgan fingerprint density at radius 2 is 2.13 bits per heavy atom. The SMILES string of the molecule is O=C(Nc1cn2c(-c3ccc(O)cc3F)cccc2n1)C1CC1. The second-order valence-corrected chi connectivity index (χ2v) is 5.69. The molecule has 0 saturated heterocycles. The molecule has 1 aliphatic rings. The van der Waals surface area contributed by atoms with E-state index in [0.717, 1.165) is 18.9 Å². The number of nitrogens with zero attached hydrogens (tertiary/aromatic N) is 2. The van der Waals surface area contributed by atoms with Crippen LogP contribution in [-0.2, 0) is 4.79 Å². The van der Waals surface area contributed by atoms with Gasteiger partial charge in [-0.25, -0.2) is 9.37 Å². The van der Waals surface area contributed by atoms with Crippen LogP contribution in [-0.4, -0.2) is 20.4 Å². The summed E-state index contributed by atoms with van der Waals surface area (Å²) in [6.07, 6.45) is 3.52. The van der Waals surface area contributed by atoms with Gasteiger partial charge in [-0.2, -0.15) is 0 Å². The van der Waals surface area contributed by atoms with E-state index in [-0.39, 0.29) is 17.6 Å². The molecule has 6 heteroatoms. The normalized spacial score (nSPS) is 14.1. The van der Waals surface area contributed by atoms with E-state index in [2.05, 4.69) is 10.3 Å². The largest absolute Gasteiger partial charge is 0.508 e. The smallest absolute Gasteiger partial charge is 0.228 e. The van der Waals surface area contributed by atoms with Crippen molar-refractivity contribution in [1.29, 1.82) is 0 Å². The molecule has 0 atom stereocenters. The molecule has 1 aromatic carbocycles. The molecular weight excluding hydrogens is 297 g/mol. The van der Waals surface area contributed by atoms with Crippen LogP contribution in [0.2, 0.25) is 0 Å². The van der Waals surface area contributed by atoms with E-state index >= 15 is 0 Å². The Balaban J connectivity index is 1.77. The summed E-state index contributed by atoms with van der Waals surface area (Å²) < 4.78 is 15.9. The van der Waals surface area contributed by atoms with Gasteiger partial charge in [0.1, 0.15) is 17.2 Å². The summed E-state index contributed by atoms with van der Waals surface area (Å²) in [4.78, 5) is 16.2. The number of imidazole rings is 1. The third-order valence-corrected chi connectivity index (χ3v) is 3.92. The van der Waals surface area contributed by atoms with Crippen LogP contribution in [0.5, 0.6) is 5.75 Å². The van der Waals surface area contributed by atoms with Crippen LogP contribution < -0.4 is 5.32 Å². The Morgan fingerprint density at radius 1 is 1.30 bits per heavy atom. The number of halogens is 1. The summed E-state index contributed by atoms with van der Waals surface area (Å²) in [7, 11) is 0. The van der Waals surface area contributed by atoms with E-state index in [0.29, 0.717) is 22.7 Å². The van der Waals surface area contributed by atoms with Crippen LogP contribution in [0.1, 0.15) is 12.8 Å². The van der Waals surface area contributed by atoms with Gasteiger partial charge in [0, 0.05) is 17.5 Å². The van der Waals surface area contributed by atoms with E-state index in [1.807, 2.05) is 0 Å². The van der Waals surface area contributed by atoms with Crippen LogP contribution in [0, 0.1) is 11.7 Å². The Labute approximate surface area is 131 Å². The highest BCUT2D eigenvalue weighted by Gasteiger charge is 2.30. The number of anilines is 1. The van der Waals surface area contributed by atoms with Gasteiger partial charge in [0.2, 0.25) is 5.91 Å². The number of carbonyl (C=O) groups is 1. The van der Waals surface area contributed by atoms with E-state index in [4.69, 9.17) is 0 Å². The fraction of sp³-hybridized carbons (Fsp3) is 0.176. The van der Waals surface area contributed by atoms with Crippen molar-refractivity contribution in [1.82, 2.24) is 9.38 Å². The molecule has 116 valence electrons. The number of hydrogen-bond acceptors (Lipinski definition) is 3. The summed E-state index contributed by atoms with van der Waals surface area (Å²) in [5.41, 5.74) is 1.56. The van der Waals surface area contributed by atoms with Crippen LogP contribution in [0.25, 0.3) is 16.9 Å². The highest BCUT2D eigenvalue weighted by molar-refractivity contribution is 5.93. The summed E-state index contributed by atoms with van der Waals surface area (Å²) in [6.45, 7) is 0. The number of nitrogens with one attached hydrogen (secondary N) is 1. The van der Waals surface area contributed by atoms with E-state index in [1.165, 1.54) is 12.1 Å². The topological polar surface area (TPSA) is 66.6 Å². The Hall–Kier alpha value is -2.89. The van der Waals surface area contributed by atoms with Crippen molar-refractivity contribution < 1.29 is 14.3 Å². The number of amides is 1. The average molecular weight is 311 g/mol. The number of pyridine rings is 1. The summed E-state index contributed by atoms with van der Waals surface area (Å²) >= 11 is 0. The lowest BCUT2D eigenvalue weighted by molar-refractivity contribution is -0.117. The molecule has 0 spiro atoms. The molecule has 23 heavy (non-hydrogen) atoms. The minimum atomic E-state index is -0.519. The number of carbonyl (C=O) groups excluding carboxylic acids is 1. The van der Waals surface area contributed by atoms with Crippen LogP contribution in [0.15, 0.2) is 42.6 Å². The molecule has 3 aromatic rings. The first-order valence-corrected chi connectivity index (χ1v) is 7.40. The maximum Gasteiger partial charge on any atom is 0.228 e. The number of fused-ring (bicyclic) bond motifs is 1. The number of rotatable bonds is 3. The Kier molecular flexibility index (Phi) is 3.04. The molecule has 1 amide bonds. The van der Waals surface area contributed by atoms with Gasteiger partial charge in [0.25, 0.3) is 0 Å². The quantitative estimate of drug-likeness (QED) is 0.780. The minimum Gasteiger partial charge on any atom is -0.508 e. The van der Waals surface area contributed by atoms with Crippen molar-refractivity contribution in [2.75, 3.05) is 5.32 Å². The van der Waals surface area contributed by atoms with Gasteiger partial charge in [0.05, 0.1) is 11.9 Å². The number of phenols is 1. The van der Waals surface area contributed by atoms with Crippen molar-refractivity contribution in [2.24, 2.45) is 5.92 Å². The molecule has 0 radical (unpaired) electrons. The molecule has 2 N–H and O–H groups in total. The first-order valence-electron chi connectivity index (χ1n) is 7.40. The van der Waals surface area contributed by atoms with Crippen LogP contribution >= 0.6 is 0 Å². The second-order valence-electron chi connectivity index (χ2n) is 5.69. The summed E-state index contributed by atoms with van der Waals surface area (Å²) in [5, 5.41) is 12.1. The van der Waals surface area contributed by atoms with Gasteiger partial charge < -0.3 is 10.4 Å². The van der Waals surface area contributed by atoms with E-state index in [9.17, 15) is 14.3 Å². The van der Waals surface area contributed by atoms with Gasteiger partial charge in [-0.05, 0) is 37.1 Å². The lowest BCUT2D eigenvalue weighted by Crippen LogP contribution is -2.13. The molecule has 2 aromatic heterocycles. The first kappa shape index (κ1) is 13.8. The van der Waals surface area contributed by atoms with Gasteiger partial charge >= 0.3 is 0 Å². The van der Waals surface area contributed by atoms with E-state index in [1.54, 1.807) is 28.8 Å². The molecule has 0 unspecified atom stereocenters. The lowest BCUT2D eigenvalue weighted by Gasteiger charge is -2.07. The zero-order valence-electron chi connectivity index (χ0n) is 12.2. The zero-order chi connectivity index (χ0) is 16.0. The molecule has 1 aliphatic carbocycles. The predicted molar refractivity (Wildman–Crippen MR) is 83.6 cm³/mol. The van der Waals surface area contributed by atoms with Gasteiger partial charge in [-0.3, -0.25) is 9.20 Å². The third kappa shape index (κ3) is 2.52.